The third kappa shape index (κ3) is 5.54. The Balaban J connectivity index is 1.55. The molecular weight excluding hydrogens is 466 g/mol. The normalized spacial score (nSPS) is 11.6. The molecule has 0 aliphatic carbocycles. The van der Waals surface area contributed by atoms with Crippen LogP contribution in [0.15, 0.2) is 72.9 Å². The number of aromatic hydroxyl groups is 1. The predicted octanol–water partition coefficient (Wildman–Crippen LogP) is 7.11. The molecule has 0 saturated heterocycles. The highest BCUT2D eigenvalue weighted by molar-refractivity contribution is 7.99. The Morgan fingerprint density at radius 3 is 2.44 bits per heavy atom. The Hall–Kier alpha value is -3.03. The summed E-state index contributed by atoms with van der Waals surface area (Å²) < 4.78 is 11.4. The number of nitrogens with zero attached hydrogens (tertiary/aromatic N) is 1. The van der Waals surface area contributed by atoms with Gasteiger partial charge >= 0.3 is 5.63 Å². The van der Waals surface area contributed by atoms with E-state index in [-0.39, 0.29) is 16.1 Å². The molecule has 0 unspecified atom stereocenters. The highest BCUT2D eigenvalue weighted by Crippen LogP contribution is 2.40. The molecule has 2 heterocycles. The van der Waals surface area contributed by atoms with Crippen molar-refractivity contribution in [2.45, 2.75) is 56.4 Å². The highest BCUT2D eigenvalue weighted by Gasteiger charge is 2.21. The van der Waals surface area contributed by atoms with Crippen LogP contribution in [0.25, 0.3) is 11.3 Å². The van der Waals surface area contributed by atoms with Crippen molar-refractivity contribution in [1.82, 2.24) is 4.98 Å². The van der Waals surface area contributed by atoms with Crippen LogP contribution in [0.3, 0.4) is 0 Å². The first-order valence-corrected chi connectivity index (χ1v) is 12.6. The van der Waals surface area contributed by atoms with Crippen molar-refractivity contribution < 1.29 is 14.3 Å². The van der Waals surface area contributed by atoms with Gasteiger partial charge in [0.25, 0.3) is 0 Å². The molecule has 34 heavy (non-hydrogen) atoms. The quantitative estimate of drug-likeness (QED) is 0.308. The minimum absolute atomic E-state index is 0.100. The molecule has 2 aromatic carbocycles. The maximum absolute atomic E-state index is 12.8. The minimum Gasteiger partial charge on any atom is -0.506 e. The van der Waals surface area contributed by atoms with Gasteiger partial charge < -0.3 is 14.3 Å². The third-order valence-corrected chi connectivity index (χ3v) is 7.20. The SMILES string of the molecule is Cc1ccc(C(C)(C)C)c(Sc2c(O)cc(-c3ccc(OCc4csc(C)n4)cc3)oc2=O)c1. The van der Waals surface area contributed by atoms with Crippen LogP contribution in [0.1, 0.15) is 42.6 Å². The van der Waals surface area contributed by atoms with E-state index in [9.17, 15) is 9.90 Å². The summed E-state index contributed by atoms with van der Waals surface area (Å²) in [5, 5.41) is 13.7. The number of benzene rings is 2. The largest absolute Gasteiger partial charge is 0.506 e. The summed E-state index contributed by atoms with van der Waals surface area (Å²) in [7, 11) is 0. The van der Waals surface area contributed by atoms with Crippen molar-refractivity contribution in [3.8, 4) is 22.8 Å². The lowest BCUT2D eigenvalue weighted by atomic mass is 9.86. The van der Waals surface area contributed by atoms with E-state index in [1.807, 2.05) is 25.3 Å². The van der Waals surface area contributed by atoms with Crippen LogP contribution < -0.4 is 10.4 Å². The monoisotopic (exact) mass is 493 g/mol. The number of hydrogen-bond donors (Lipinski definition) is 1. The molecule has 0 amide bonds. The number of ether oxygens (including phenoxy) is 1. The summed E-state index contributed by atoms with van der Waals surface area (Å²) in [6, 6.07) is 14.8. The molecule has 0 atom stereocenters. The van der Waals surface area contributed by atoms with E-state index in [0.717, 1.165) is 26.7 Å². The average molecular weight is 494 g/mol. The molecule has 0 saturated carbocycles. The zero-order valence-corrected chi connectivity index (χ0v) is 21.5. The molecule has 176 valence electrons. The lowest BCUT2D eigenvalue weighted by Gasteiger charge is -2.23. The molecule has 0 aliphatic heterocycles. The molecule has 0 radical (unpaired) electrons. The van der Waals surface area contributed by atoms with E-state index in [2.05, 4.69) is 37.9 Å². The number of thiazole rings is 1. The van der Waals surface area contributed by atoms with Gasteiger partial charge in [0, 0.05) is 21.9 Å². The van der Waals surface area contributed by atoms with Gasteiger partial charge in [0.1, 0.15) is 28.8 Å². The molecule has 0 fully saturated rings. The Kier molecular flexibility index (Phi) is 6.86. The summed E-state index contributed by atoms with van der Waals surface area (Å²) in [6.45, 7) is 10.7. The molecule has 1 N–H and O–H groups in total. The van der Waals surface area contributed by atoms with Crippen LogP contribution in [0.4, 0.5) is 0 Å². The van der Waals surface area contributed by atoms with Crippen molar-refractivity contribution >= 4 is 23.1 Å². The summed E-state index contributed by atoms with van der Waals surface area (Å²) in [5.41, 5.74) is 3.08. The van der Waals surface area contributed by atoms with Crippen molar-refractivity contribution in [1.29, 1.82) is 0 Å². The maximum Gasteiger partial charge on any atom is 0.354 e. The first-order chi connectivity index (χ1) is 16.1. The molecule has 2 aromatic heterocycles. The van der Waals surface area contributed by atoms with Crippen LogP contribution >= 0.6 is 23.1 Å². The first kappa shape index (κ1) is 24.1. The van der Waals surface area contributed by atoms with E-state index in [1.54, 1.807) is 35.6 Å². The standard InChI is InChI=1S/C27H27NO4S2/c1-16-6-11-21(27(3,4)5)24(12-16)34-25-22(29)13-23(32-26(25)30)18-7-9-20(10-8-18)31-14-19-15-33-17(2)28-19/h6-13,15,29H,14H2,1-5H3. The molecule has 5 nitrogen and oxygen atoms in total. The molecule has 4 aromatic rings. The van der Waals surface area contributed by atoms with Crippen LogP contribution in [-0.4, -0.2) is 10.1 Å². The van der Waals surface area contributed by atoms with Gasteiger partial charge in [-0.05, 0) is 60.7 Å². The van der Waals surface area contributed by atoms with Gasteiger partial charge in [-0.15, -0.1) is 11.3 Å². The second kappa shape index (κ2) is 9.68. The zero-order valence-electron chi connectivity index (χ0n) is 19.8. The number of aryl methyl sites for hydroxylation is 2. The molecule has 7 heteroatoms. The smallest absolute Gasteiger partial charge is 0.354 e. The molecule has 0 aliphatic rings. The van der Waals surface area contributed by atoms with Crippen molar-refractivity contribution in [3.63, 3.8) is 0 Å². The first-order valence-electron chi connectivity index (χ1n) is 10.9. The van der Waals surface area contributed by atoms with Crippen LogP contribution in [0.5, 0.6) is 11.5 Å². The van der Waals surface area contributed by atoms with E-state index in [1.165, 1.54) is 17.8 Å². The van der Waals surface area contributed by atoms with Crippen molar-refractivity contribution in [2.75, 3.05) is 0 Å². The lowest BCUT2D eigenvalue weighted by Crippen LogP contribution is -2.13. The second-order valence-electron chi connectivity index (χ2n) is 9.14. The van der Waals surface area contributed by atoms with Gasteiger partial charge in [0.15, 0.2) is 0 Å². The van der Waals surface area contributed by atoms with Crippen LogP contribution in [-0.2, 0) is 12.0 Å². The van der Waals surface area contributed by atoms with Crippen LogP contribution in [0.2, 0.25) is 0 Å². The summed E-state index contributed by atoms with van der Waals surface area (Å²) >= 11 is 2.83. The van der Waals surface area contributed by atoms with E-state index in [4.69, 9.17) is 9.15 Å². The highest BCUT2D eigenvalue weighted by atomic mass is 32.2. The number of hydrogen-bond acceptors (Lipinski definition) is 7. The van der Waals surface area contributed by atoms with Gasteiger partial charge in [-0.25, -0.2) is 9.78 Å². The Bertz CT molecular complexity index is 1360. The Labute approximate surface area is 207 Å². The maximum atomic E-state index is 12.8. The second-order valence-corrected chi connectivity index (χ2v) is 11.2. The fourth-order valence-corrected chi connectivity index (χ4v) is 5.33. The summed E-state index contributed by atoms with van der Waals surface area (Å²) in [5.74, 6) is 0.882. The molecule has 4 rings (SSSR count). The Morgan fingerprint density at radius 2 is 1.82 bits per heavy atom. The van der Waals surface area contributed by atoms with Gasteiger partial charge in [-0.2, -0.15) is 0 Å². The number of rotatable bonds is 6. The molecular formula is C27H27NO4S2. The molecule has 0 bridgehead atoms. The van der Waals surface area contributed by atoms with Gasteiger partial charge in [0.05, 0.1) is 10.7 Å². The van der Waals surface area contributed by atoms with Gasteiger partial charge in [-0.1, -0.05) is 44.7 Å². The van der Waals surface area contributed by atoms with Crippen molar-refractivity contribution in [3.05, 3.63) is 86.2 Å². The minimum atomic E-state index is -0.569. The fraction of sp³-hybridized carbons (Fsp3) is 0.259. The van der Waals surface area contributed by atoms with Gasteiger partial charge in [0.2, 0.25) is 0 Å². The van der Waals surface area contributed by atoms with E-state index >= 15 is 0 Å². The lowest BCUT2D eigenvalue weighted by molar-refractivity contribution is 0.302. The summed E-state index contributed by atoms with van der Waals surface area (Å²) in [6.07, 6.45) is 0. The average Bonchev–Trinajstić information content (AvgIpc) is 3.19. The Morgan fingerprint density at radius 1 is 1.09 bits per heavy atom. The van der Waals surface area contributed by atoms with Gasteiger partial charge in [-0.3, -0.25) is 0 Å². The van der Waals surface area contributed by atoms with Crippen LogP contribution in [0, 0.1) is 13.8 Å². The van der Waals surface area contributed by atoms with E-state index in [0.29, 0.717) is 23.7 Å². The number of aromatic nitrogens is 1. The predicted molar refractivity (Wildman–Crippen MR) is 137 cm³/mol. The molecule has 0 spiro atoms. The third-order valence-electron chi connectivity index (χ3n) is 5.24. The van der Waals surface area contributed by atoms with E-state index < -0.39 is 5.63 Å². The zero-order chi connectivity index (χ0) is 24.5. The fourth-order valence-electron chi connectivity index (χ4n) is 3.50. The van der Waals surface area contributed by atoms with Crippen molar-refractivity contribution in [2.24, 2.45) is 0 Å². The summed E-state index contributed by atoms with van der Waals surface area (Å²) in [4.78, 5) is 18.3. The topological polar surface area (TPSA) is 72.6 Å².